The second kappa shape index (κ2) is 3.45. The van der Waals surface area contributed by atoms with E-state index >= 15 is 0 Å². The molecule has 16 heavy (non-hydrogen) atoms. The molecule has 1 aliphatic heterocycles. The Bertz CT molecular complexity index is 408. The zero-order valence-corrected chi connectivity index (χ0v) is 9.25. The normalized spacial score (nSPS) is 22.5. The van der Waals surface area contributed by atoms with Crippen molar-refractivity contribution < 1.29 is 9.50 Å². The van der Waals surface area contributed by atoms with Crippen LogP contribution in [0.15, 0.2) is 18.2 Å². The van der Waals surface area contributed by atoms with Crippen molar-refractivity contribution in [3.05, 3.63) is 29.6 Å². The van der Waals surface area contributed by atoms with Gasteiger partial charge in [0.05, 0.1) is 5.60 Å². The zero-order chi connectivity index (χ0) is 11.2. The average molecular weight is 221 g/mol. The lowest BCUT2D eigenvalue weighted by Gasteiger charge is -2.23. The molecule has 1 N–H and O–H groups in total. The van der Waals surface area contributed by atoms with Crippen LogP contribution in [0.1, 0.15) is 31.2 Å². The van der Waals surface area contributed by atoms with Crippen molar-refractivity contribution in [2.75, 3.05) is 18.0 Å². The molecule has 0 amide bonds. The molecule has 2 fully saturated rings. The lowest BCUT2D eigenvalue weighted by atomic mass is 10.0. The molecule has 3 heteroatoms. The fourth-order valence-electron chi connectivity index (χ4n) is 2.51. The van der Waals surface area contributed by atoms with Gasteiger partial charge in [-0.25, -0.2) is 4.39 Å². The molecule has 2 aliphatic rings. The van der Waals surface area contributed by atoms with E-state index < -0.39 is 5.60 Å². The summed E-state index contributed by atoms with van der Waals surface area (Å²) in [6.45, 7) is 1.96. The number of aliphatic hydroxyl groups is 1. The van der Waals surface area contributed by atoms with Gasteiger partial charge < -0.3 is 10.0 Å². The molecule has 2 nitrogen and oxygen atoms in total. The van der Waals surface area contributed by atoms with Crippen LogP contribution in [0, 0.1) is 5.82 Å². The van der Waals surface area contributed by atoms with Crippen LogP contribution in [-0.4, -0.2) is 18.2 Å². The van der Waals surface area contributed by atoms with Gasteiger partial charge >= 0.3 is 0 Å². The Morgan fingerprint density at radius 2 is 1.88 bits per heavy atom. The Kier molecular flexibility index (Phi) is 2.18. The van der Waals surface area contributed by atoms with E-state index in [0.717, 1.165) is 50.0 Å². The smallest absolute Gasteiger partial charge is 0.125 e. The Labute approximate surface area is 94.7 Å². The van der Waals surface area contributed by atoms with E-state index in [-0.39, 0.29) is 5.82 Å². The first-order valence-corrected chi connectivity index (χ1v) is 5.96. The summed E-state index contributed by atoms with van der Waals surface area (Å²) in [7, 11) is 0. The molecule has 0 atom stereocenters. The largest absolute Gasteiger partial charge is 0.385 e. The minimum atomic E-state index is -0.675. The highest BCUT2D eigenvalue weighted by Gasteiger charge is 2.44. The summed E-state index contributed by atoms with van der Waals surface area (Å²) < 4.78 is 13.3. The van der Waals surface area contributed by atoms with Crippen molar-refractivity contribution in [1.82, 2.24) is 0 Å². The SMILES string of the molecule is OC1(c2ccc(F)cc2N2CCCC2)CC1. The molecule has 0 unspecified atom stereocenters. The number of halogens is 1. The van der Waals surface area contributed by atoms with Crippen molar-refractivity contribution in [1.29, 1.82) is 0 Å². The number of hydrogen-bond donors (Lipinski definition) is 1. The predicted octanol–water partition coefficient (Wildman–Crippen LogP) is 2.41. The van der Waals surface area contributed by atoms with Gasteiger partial charge in [-0.15, -0.1) is 0 Å². The van der Waals surface area contributed by atoms with Crippen LogP contribution in [0.5, 0.6) is 0 Å². The first-order valence-electron chi connectivity index (χ1n) is 5.96. The summed E-state index contributed by atoms with van der Waals surface area (Å²) in [6, 6.07) is 4.76. The predicted molar refractivity (Wildman–Crippen MR) is 61.0 cm³/mol. The summed E-state index contributed by atoms with van der Waals surface area (Å²) in [5.74, 6) is -0.213. The van der Waals surface area contributed by atoms with Gasteiger partial charge in [-0.2, -0.15) is 0 Å². The maximum atomic E-state index is 13.3. The third-order valence-corrected chi connectivity index (χ3v) is 3.63. The first kappa shape index (κ1) is 10.1. The van der Waals surface area contributed by atoms with Crippen LogP contribution in [0.4, 0.5) is 10.1 Å². The van der Waals surface area contributed by atoms with Gasteiger partial charge in [0.25, 0.3) is 0 Å². The Morgan fingerprint density at radius 1 is 1.19 bits per heavy atom. The third kappa shape index (κ3) is 1.59. The first-order chi connectivity index (χ1) is 7.69. The molecule has 0 aromatic heterocycles. The van der Waals surface area contributed by atoms with Crippen LogP contribution in [0.25, 0.3) is 0 Å². The number of anilines is 1. The highest BCUT2D eigenvalue weighted by Crippen LogP contribution is 2.49. The van der Waals surface area contributed by atoms with Gasteiger partial charge in [-0.1, -0.05) is 6.07 Å². The lowest BCUT2D eigenvalue weighted by molar-refractivity contribution is 0.152. The van der Waals surface area contributed by atoms with Crippen LogP contribution in [-0.2, 0) is 5.60 Å². The molecule has 1 aromatic carbocycles. The molecular weight excluding hydrogens is 205 g/mol. The van der Waals surface area contributed by atoms with E-state index in [9.17, 15) is 9.50 Å². The van der Waals surface area contributed by atoms with Crippen LogP contribution in [0.3, 0.4) is 0 Å². The molecule has 1 saturated heterocycles. The molecule has 0 spiro atoms. The summed E-state index contributed by atoms with van der Waals surface area (Å²) in [5.41, 5.74) is 1.14. The fourth-order valence-corrected chi connectivity index (χ4v) is 2.51. The van der Waals surface area contributed by atoms with E-state index in [2.05, 4.69) is 4.90 Å². The molecular formula is C13H16FNO. The van der Waals surface area contributed by atoms with E-state index in [0.29, 0.717) is 0 Å². The molecule has 1 aliphatic carbocycles. The summed E-state index contributed by atoms with van der Waals surface area (Å²) >= 11 is 0. The molecule has 0 radical (unpaired) electrons. The number of nitrogens with zero attached hydrogens (tertiary/aromatic N) is 1. The van der Waals surface area contributed by atoms with Gasteiger partial charge in [0.1, 0.15) is 5.82 Å². The van der Waals surface area contributed by atoms with Crippen molar-refractivity contribution in [2.45, 2.75) is 31.3 Å². The quantitative estimate of drug-likeness (QED) is 0.829. The standard InChI is InChI=1S/C13H16FNO/c14-10-3-4-11(13(16)5-6-13)12(9-10)15-7-1-2-8-15/h3-4,9,16H,1-2,5-8H2. The Balaban J connectivity index is 2.02. The summed E-state index contributed by atoms with van der Waals surface area (Å²) in [6.07, 6.45) is 3.93. The van der Waals surface area contributed by atoms with Crippen molar-refractivity contribution in [2.24, 2.45) is 0 Å². The molecule has 1 aromatic rings. The second-order valence-electron chi connectivity index (χ2n) is 4.89. The maximum absolute atomic E-state index is 13.3. The van der Waals surface area contributed by atoms with Crippen LogP contribution < -0.4 is 4.90 Å². The highest BCUT2D eigenvalue weighted by atomic mass is 19.1. The number of hydrogen-bond acceptors (Lipinski definition) is 2. The number of benzene rings is 1. The molecule has 1 heterocycles. The van der Waals surface area contributed by atoms with Crippen molar-refractivity contribution >= 4 is 5.69 Å². The Morgan fingerprint density at radius 3 is 2.50 bits per heavy atom. The maximum Gasteiger partial charge on any atom is 0.125 e. The average Bonchev–Trinajstić information content (AvgIpc) is 2.83. The van der Waals surface area contributed by atoms with Crippen LogP contribution >= 0.6 is 0 Å². The molecule has 0 bridgehead atoms. The molecule has 3 rings (SSSR count). The van der Waals surface area contributed by atoms with Gasteiger partial charge in [-0.05, 0) is 37.8 Å². The molecule has 1 saturated carbocycles. The van der Waals surface area contributed by atoms with Gasteiger partial charge in [0.2, 0.25) is 0 Å². The van der Waals surface area contributed by atoms with E-state index in [4.69, 9.17) is 0 Å². The van der Waals surface area contributed by atoms with E-state index in [1.807, 2.05) is 0 Å². The minimum Gasteiger partial charge on any atom is -0.385 e. The van der Waals surface area contributed by atoms with Gasteiger partial charge in [-0.3, -0.25) is 0 Å². The topological polar surface area (TPSA) is 23.5 Å². The second-order valence-corrected chi connectivity index (χ2v) is 4.89. The molecule has 86 valence electrons. The van der Waals surface area contributed by atoms with Crippen molar-refractivity contribution in [3.63, 3.8) is 0 Å². The fraction of sp³-hybridized carbons (Fsp3) is 0.538. The minimum absolute atomic E-state index is 0.213. The summed E-state index contributed by atoms with van der Waals surface area (Å²) in [5, 5.41) is 10.2. The van der Waals surface area contributed by atoms with Gasteiger partial charge in [0, 0.05) is 24.3 Å². The van der Waals surface area contributed by atoms with E-state index in [1.165, 1.54) is 6.07 Å². The van der Waals surface area contributed by atoms with E-state index in [1.54, 1.807) is 12.1 Å². The van der Waals surface area contributed by atoms with Crippen molar-refractivity contribution in [3.8, 4) is 0 Å². The summed E-state index contributed by atoms with van der Waals surface area (Å²) in [4.78, 5) is 2.19. The zero-order valence-electron chi connectivity index (χ0n) is 9.25. The lowest BCUT2D eigenvalue weighted by Crippen LogP contribution is -2.22. The Hall–Kier alpha value is -1.09. The number of rotatable bonds is 2. The monoisotopic (exact) mass is 221 g/mol. The van der Waals surface area contributed by atoms with Gasteiger partial charge in [0.15, 0.2) is 0 Å². The van der Waals surface area contributed by atoms with Crippen LogP contribution in [0.2, 0.25) is 0 Å². The third-order valence-electron chi connectivity index (χ3n) is 3.63. The highest BCUT2D eigenvalue weighted by molar-refractivity contribution is 5.58.